The molecule has 1 unspecified atom stereocenters. The highest BCUT2D eigenvalue weighted by molar-refractivity contribution is 7.99. The summed E-state index contributed by atoms with van der Waals surface area (Å²) in [6, 6.07) is 8.19. The van der Waals surface area contributed by atoms with Crippen LogP contribution in [0.1, 0.15) is 24.3 Å². The van der Waals surface area contributed by atoms with E-state index in [1.165, 1.54) is 4.70 Å². The van der Waals surface area contributed by atoms with Crippen LogP contribution in [-0.2, 0) is 10.5 Å². The van der Waals surface area contributed by atoms with E-state index in [4.69, 9.17) is 0 Å². The van der Waals surface area contributed by atoms with Crippen LogP contribution in [0, 0.1) is 0 Å². The number of para-hydroxylation sites is 1. The van der Waals surface area contributed by atoms with Crippen LogP contribution in [0.5, 0.6) is 0 Å². The van der Waals surface area contributed by atoms with Crippen LogP contribution in [0.2, 0.25) is 0 Å². The molecule has 19 heavy (non-hydrogen) atoms. The van der Waals surface area contributed by atoms with Gasteiger partial charge in [-0.1, -0.05) is 18.6 Å². The number of rotatable bonds is 3. The first-order valence-corrected chi connectivity index (χ1v) is 8.43. The average molecular weight is 292 g/mol. The highest BCUT2D eigenvalue weighted by atomic mass is 32.2. The van der Waals surface area contributed by atoms with Gasteiger partial charge in [-0.25, -0.2) is 4.98 Å². The molecule has 1 aromatic carbocycles. The Balaban J connectivity index is 1.66. The Labute approximate surface area is 120 Å². The predicted molar refractivity (Wildman–Crippen MR) is 81.6 cm³/mol. The number of nitrogens with one attached hydrogen (secondary N) is 1. The molecular weight excluding hydrogens is 276 g/mol. The van der Waals surface area contributed by atoms with Gasteiger partial charge in [-0.2, -0.15) is 0 Å². The predicted octanol–water partition coefficient (Wildman–Crippen LogP) is 3.20. The number of carbonyl (C=O) groups excluding carboxylic acids is 1. The highest BCUT2D eigenvalue weighted by Crippen LogP contribution is 2.28. The molecule has 5 heteroatoms. The van der Waals surface area contributed by atoms with Crippen LogP contribution < -0.4 is 5.32 Å². The molecule has 1 amide bonds. The third kappa shape index (κ3) is 3.09. The van der Waals surface area contributed by atoms with Crippen LogP contribution in [0.25, 0.3) is 10.2 Å². The number of benzene rings is 1. The fourth-order valence-electron chi connectivity index (χ4n) is 2.22. The molecule has 3 nitrogen and oxygen atoms in total. The number of hydrogen-bond acceptors (Lipinski definition) is 4. The molecule has 0 spiro atoms. The Kier molecular flexibility index (Phi) is 4.03. The zero-order valence-electron chi connectivity index (χ0n) is 10.6. The number of thioether (sulfide) groups is 1. The third-order valence-corrected chi connectivity index (χ3v) is 5.74. The van der Waals surface area contributed by atoms with Crippen LogP contribution >= 0.6 is 23.1 Å². The Hall–Kier alpha value is -1.07. The lowest BCUT2D eigenvalue weighted by Crippen LogP contribution is -2.30. The molecule has 0 bridgehead atoms. The van der Waals surface area contributed by atoms with Crippen molar-refractivity contribution in [2.24, 2.45) is 0 Å². The van der Waals surface area contributed by atoms with Crippen molar-refractivity contribution in [1.29, 1.82) is 0 Å². The monoisotopic (exact) mass is 292 g/mol. The normalized spacial score (nSPS) is 20.2. The maximum absolute atomic E-state index is 11.9. The summed E-state index contributed by atoms with van der Waals surface area (Å²) in [7, 11) is 0. The van der Waals surface area contributed by atoms with E-state index < -0.39 is 0 Å². The SMILES string of the molecule is O=C1NCCCCC1SCc1nc2ccccc2s1. The van der Waals surface area contributed by atoms with Crippen molar-refractivity contribution in [3.8, 4) is 0 Å². The molecule has 3 rings (SSSR count). The lowest BCUT2D eigenvalue weighted by molar-refractivity contribution is -0.120. The zero-order valence-corrected chi connectivity index (χ0v) is 12.2. The third-order valence-electron chi connectivity index (χ3n) is 3.23. The van der Waals surface area contributed by atoms with Gasteiger partial charge in [-0.15, -0.1) is 23.1 Å². The van der Waals surface area contributed by atoms with Crippen LogP contribution in [0.3, 0.4) is 0 Å². The minimum absolute atomic E-state index is 0.0921. The van der Waals surface area contributed by atoms with E-state index in [9.17, 15) is 4.79 Å². The summed E-state index contributed by atoms with van der Waals surface area (Å²) in [4.78, 5) is 16.5. The molecule has 0 radical (unpaired) electrons. The summed E-state index contributed by atoms with van der Waals surface area (Å²) in [5, 5.41) is 4.19. The van der Waals surface area contributed by atoms with Crippen LogP contribution in [-0.4, -0.2) is 22.7 Å². The summed E-state index contributed by atoms with van der Waals surface area (Å²) in [5.41, 5.74) is 1.06. The summed E-state index contributed by atoms with van der Waals surface area (Å²) in [6.45, 7) is 0.830. The van der Waals surface area contributed by atoms with E-state index in [1.54, 1.807) is 23.1 Å². The lowest BCUT2D eigenvalue weighted by Gasteiger charge is -2.11. The van der Waals surface area contributed by atoms with Gasteiger partial charge in [0.25, 0.3) is 0 Å². The van der Waals surface area contributed by atoms with Gasteiger partial charge < -0.3 is 5.32 Å². The summed E-state index contributed by atoms with van der Waals surface area (Å²) in [6.07, 6.45) is 3.22. The van der Waals surface area contributed by atoms with Gasteiger partial charge in [0.2, 0.25) is 5.91 Å². The van der Waals surface area contributed by atoms with Crippen molar-refractivity contribution in [3.05, 3.63) is 29.3 Å². The quantitative estimate of drug-likeness (QED) is 0.944. The number of carbonyl (C=O) groups is 1. The van der Waals surface area contributed by atoms with Gasteiger partial charge in [0, 0.05) is 12.3 Å². The van der Waals surface area contributed by atoms with Gasteiger partial charge in [-0.3, -0.25) is 4.79 Å². The first-order valence-electron chi connectivity index (χ1n) is 6.57. The molecule has 1 atom stereocenters. The highest BCUT2D eigenvalue weighted by Gasteiger charge is 2.21. The van der Waals surface area contributed by atoms with E-state index in [1.807, 2.05) is 18.2 Å². The number of amides is 1. The molecule has 2 heterocycles. The van der Waals surface area contributed by atoms with E-state index >= 15 is 0 Å². The smallest absolute Gasteiger partial charge is 0.233 e. The molecule has 0 saturated carbocycles. The standard InChI is InChI=1S/C14H16N2OS2/c17-14-12(7-3-4-8-15-14)18-9-13-16-10-5-1-2-6-11(10)19-13/h1-2,5-6,12H,3-4,7-9H2,(H,15,17). The zero-order chi connectivity index (χ0) is 13.1. The molecule has 1 N–H and O–H groups in total. The van der Waals surface area contributed by atoms with Crippen molar-refractivity contribution < 1.29 is 4.79 Å². The van der Waals surface area contributed by atoms with Crippen molar-refractivity contribution in [1.82, 2.24) is 10.3 Å². The Morgan fingerprint density at radius 1 is 1.37 bits per heavy atom. The van der Waals surface area contributed by atoms with Gasteiger partial charge in [0.15, 0.2) is 0 Å². The van der Waals surface area contributed by atoms with Crippen molar-refractivity contribution in [2.75, 3.05) is 6.54 Å². The summed E-state index contributed by atoms with van der Waals surface area (Å²) < 4.78 is 1.23. The van der Waals surface area contributed by atoms with Gasteiger partial charge in [-0.05, 0) is 25.0 Å². The molecule has 0 aliphatic carbocycles. The number of aromatic nitrogens is 1. The number of nitrogens with zero attached hydrogens (tertiary/aromatic N) is 1. The second-order valence-corrected chi connectivity index (χ2v) is 6.97. The second-order valence-electron chi connectivity index (χ2n) is 4.66. The minimum Gasteiger partial charge on any atom is -0.355 e. The van der Waals surface area contributed by atoms with Gasteiger partial charge in [0.05, 0.1) is 15.5 Å². The summed E-state index contributed by atoms with van der Waals surface area (Å²) in [5.74, 6) is 1.03. The largest absolute Gasteiger partial charge is 0.355 e. The first kappa shape index (κ1) is 12.9. The molecule has 2 aromatic rings. The molecule has 1 aliphatic rings. The van der Waals surface area contributed by atoms with E-state index in [0.29, 0.717) is 0 Å². The van der Waals surface area contributed by atoms with E-state index in [-0.39, 0.29) is 11.2 Å². The summed E-state index contributed by atoms with van der Waals surface area (Å²) >= 11 is 3.45. The topological polar surface area (TPSA) is 42.0 Å². The van der Waals surface area contributed by atoms with Crippen molar-refractivity contribution in [2.45, 2.75) is 30.3 Å². The second kappa shape index (κ2) is 5.92. The number of thiazole rings is 1. The Morgan fingerprint density at radius 2 is 2.26 bits per heavy atom. The van der Waals surface area contributed by atoms with Gasteiger partial charge in [0.1, 0.15) is 5.01 Å². The fourth-order valence-corrected chi connectivity index (χ4v) is 4.40. The molecule has 100 valence electrons. The van der Waals surface area contributed by atoms with E-state index in [0.717, 1.165) is 42.1 Å². The molecule has 1 fully saturated rings. The molecule has 1 aliphatic heterocycles. The van der Waals surface area contributed by atoms with Gasteiger partial charge >= 0.3 is 0 Å². The maximum atomic E-state index is 11.9. The minimum atomic E-state index is 0.0921. The number of fused-ring (bicyclic) bond motifs is 1. The maximum Gasteiger partial charge on any atom is 0.233 e. The average Bonchev–Trinajstić information content (AvgIpc) is 2.73. The molecular formula is C14H16N2OS2. The Bertz CT molecular complexity index is 549. The number of hydrogen-bond donors (Lipinski definition) is 1. The fraction of sp³-hybridized carbons (Fsp3) is 0.429. The van der Waals surface area contributed by atoms with Crippen molar-refractivity contribution >= 4 is 39.2 Å². The molecule has 1 saturated heterocycles. The van der Waals surface area contributed by atoms with Crippen LogP contribution in [0.15, 0.2) is 24.3 Å². The van der Waals surface area contributed by atoms with E-state index in [2.05, 4.69) is 16.4 Å². The van der Waals surface area contributed by atoms with Crippen LogP contribution in [0.4, 0.5) is 0 Å². The van der Waals surface area contributed by atoms with Crippen molar-refractivity contribution in [3.63, 3.8) is 0 Å². The molecule has 1 aromatic heterocycles. The Morgan fingerprint density at radius 3 is 3.16 bits per heavy atom. The first-order chi connectivity index (χ1) is 9.33. The lowest BCUT2D eigenvalue weighted by atomic mass is 10.2.